The van der Waals surface area contributed by atoms with E-state index in [4.69, 9.17) is 4.74 Å². The van der Waals surface area contributed by atoms with Crippen LogP contribution in [0.4, 0.5) is 5.82 Å². The van der Waals surface area contributed by atoms with Gasteiger partial charge in [-0.2, -0.15) is 5.10 Å². The highest BCUT2D eigenvalue weighted by Crippen LogP contribution is 2.35. The van der Waals surface area contributed by atoms with Crippen molar-refractivity contribution in [3.63, 3.8) is 0 Å². The van der Waals surface area contributed by atoms with E-state index in [0.29, 0.717) is 6.04 Å². The Kier molecular flexibility index (Phi) is 4.70. The molecule has 7 heteroatoms. The van der Waals surface area contributed by atoms with Crippen molar-refractivity contribution in [2.75, 3.05) is 32.6 Å². The first-order valence-corrected chi connectivity index (χ1v) is 9.35. The predicted molar refractivity (Wildman–Crippen MR) is 107 cm³/mol. The summed E-state index contributed by atoms with van der Waals surface area (Å²) >= 11 is 0. The smallest absolute Gasteiger partial charge is 0.175 e. The summed E-state index contributed by atoms with van der Waals surface area (Å²) in [7, 11) is 5.78. The fourth-order valence-electron chi connectivity index (χ4n) is 3.86. The Hall–Kier alpha value is -2.67. The second-order valence-electron chi connectivity index (χ2n) is 7.38. The van der Waals surface area contributed by atoms with Crippen LogP contribution in [0.25, 0.3) is 22.2 Å². The Labute approximate surface area is 159 Å². The molecule has 1 fully saturated rings. The molecule has 0 radical (unpaired) electrons. The number of likely N-dealkylation sites (N-methyl/N-ethyl adjacent to an activating group) is 1. The second kappa shape index (κ2) is 7.15. The first kappa shape index (κ1) is 17.7. The highest BCUT2D eigenvalue weighted by atomic mass is 16.5. The van der Waals surface area contributed by atoms with Crippen LogP contribution in [0.5, 0.6) is 5.75 Å². The number of piperidine rings is 1. The predicted octanol–water partition coefficient (Wildman–Crippen LogP) is 2.85. The molecule has 0 amide bonds. The van der Waals surface area contributed by atoms with Crippen LogP contribution in [-0.4, -0.2) is 58.2 Å². The average Bonchev–Trinajstić information content (AvgIpc) is 3.05. The van der Waals surface area contributed by atoms with Crippen LogP contribution >= 0.6 is 0 Å². The van der Waals surface area contributed by atoms with Crippen molar-refractivity contribution in [1.82, 2.24) is 24.9 Å². The van der Waals surface area contributed by atoms with E-state index in [-0.39, 0.29) is 0 Å². The van der Waals surface area contributed by atoms with Gasteiger partial charge in [-0.1, -0.05) is 6.07 Å². The van der Waals surface area contributed by atoms with Gasteiger partial charge in [-0.25, -0.2) is 0 Å². The number of aromatic nitrogens is 4. The minimum Gasteiger partial charge on any atom is -0.496 e. The molecule has 0 bridgehead atoms. The number of methoxy groups -OCH3 is 1. The van der Waals surface area contributed by atoms with Crippen LogP contribution in [0.3, 0.4) is 0 Å². The molecule has 1 saturated heterocycles. The molecule has 2 aromatic heterocycles. The lowest BCUT2D eigenvalue weighted by Crippen LogP contribution is -2.40. The van der Waals surface area contributed by atoms with Gasteiger partial charge < -0.3 is 15.0 Å². The molecule has 0 spiro atoms. The molecule has 27 heavy (non-hydrogen) atoms. The van der Waals surface area contributed by atoms with Gasteiger partial charge >= 0.3 is 0 Å². The molecule has 0 aliphatic carbocycles. The summed E-state index contributed by atoms with van der Waals surface area (Å²) < 4.78 is 7.45. The maximum Gasteiger partial charge on any atom is 0.175 e. The van der Waals surface area contributed by atoms with Crippen molar-refractivity contribution in [3.05, 3.63) is 30.0 Å². The number of ether oxygens (including phenoxy) is 1. The van der Waals surface area contributed by atoms with Crippen LogP contribution in [0.2, 0.25) is 0 Å². The standard InChI is InChI=1S/C20H26N6O/c1-13-7-8-15(17(10-13)27-4)18-16-11-21-26(3)19(16)20(24-23-18)22-14-6-5-9-25(2)12-14/h7-8,10-11,14H,5-6,9,12H2,1-4H3,(H,22,24)/t14-/m1/s1. The molecule has 142 valence electrons. The summed E-state index contributed by atoms with van der Waals surface area (Å²) in [4.78, 5) is 2.35. The van der Waals surface area contributed by atoms with Gasteiger partial charge in [-0.05, 0) is 51.1 Å². The van der Waals surface area contributed by atoms with E-state index in [0.717, 1.165) is 58.8 Å². The maximum absolute atomic E-state index is 5.58. The minimum absolute atomic E-state index is 0.371. The first-order valence-electron chi connectivity index (χ1n) is 9.35. The van der Waals surface area contributed by atoms with E-state index in [1.165, 1.54) is 6.42 Å². The van der Waals surface area contributed by atoms with E-state index in [1.807, 2.05) is 37.0 Å². The van der Waals surface area contributed by atoms with Gasteiger partial charge in [0, 0.05) is 25.2 Å². The average molecular weight is 366 g/mol. The van der Waals surface area contributed by atoms with Gasteiger partial charge in [0.25, 0.3) is 0 Å². The van der Waals surface area contributed by atoms with Crippen LogP contribution in [0.1, 0.15) is 18.4 Å². The number of likely N-dealkylation sites (tertiary alicyclic amines) is 1. The van der Waals surface area contributed by atoms with Crippen LogP contribution in [0.15, 0.2) is 24.4 Å². The number of fused-ring (bicyclic) bond motifs is 1. The van der Waals surface area contributed by atoms with Crippen LogP contribution in [0, 0.1) is 6.92 Å². The third-order valence-electron chi connectivity index (χ3n) is 5.25. The van der Waals surface area contributed by atoms with Gasteiger partial charge in [0.05, 0.1) is 18.7 Å². The molecule has 3 heterocycles. The minimum atomic E-state index is 0.371. The molecular weight excluding hydrogens is 340 g/mol. The van der Waals surface area contributed by atoms with Gasteiger partial charge in [0.1, 0.15) is 17.0 Å². The number of nitrogens with zero attached hydrogens (tertiary/aromatic N) is 5. The lowest BCUT2D eigenvalue weighted by molar-refractivity contribution is 0.261. The largest absolute Gasteiger partial charge is 0.496 e. The number of aryl methyl sites for hydroxylation is 2. The molecular formula is C20H26N6O. The summed E-state index contributed by atoms with van der Waals surface area (Å²) in [6.07, 6.45) is 4.19. The molecule has 1 aromatic carbocycles. The Morgan fingerprint density at radius 3 is 2.85 bits per heavy atom. The van der Waals surface area contributed by atoms with E-state index < -0.39 is 0 Å². The number of anilines is 1. The van der Waals surface area contributed by atoms with Gasteiger partial charge in [-0.15, -0.1) is 10.2 Å². The fourth-order valence-corrected chi connectivity index (χ4v) is 3.86. The number of rotatable bonds is 4. The summed E-state index contributed by atoms with van der Waals surface area (Å²) in [5, 5.41) is 18.1. The van der Waals surface area contributed by atoms with Crippen molar-refractivity contribution in [1.29, 1.82) is 0 Å². The quantitative estimate of drug-likeness (QED) is 0.766. The van der Waals surface area contributed by atoms with E-state index in [1.54, 1.807) is 7.11 Å². The normalized spacial score (nSPS) is 18.0. The number of hydrogen-bond acceptors (Lipinski definition) is 6. The van der Waals surface area contributed by atoms with Crippen LogP contribution in [-0.2, 0) is 7.05 Å². The zero-order chi connectivity index (χ0) is 19.0. The summed E-state index contributed by atoms with van der Waals surface area (Å²) in [6.45, 7) is 4.21. The Morgan fingerprint density at radius 2 is 2.07 bits per heavy atom. The number of hydrogen-bond donors (Lipinski definition) is 1. The highest BCUT2D eigenvalue weighted by Gasteiger charge is 2.22. The van der Waals surface area contributed by atoms with Gasteiger partial charge in [-0.3, -0.25) is 4.68 Å². The molecule has 0 unspecified atom stereocenters. The third-order valence-corrected chi connectivity index (χ3v) is 5.25. The highest BCUT2D eigenvalue weighted by molar-refractivity contribution is 5.98. The molecule has 3 aromatic rings. The monoisotopic (exact) mass is 366 g/mol. The first-order chi connectivity index (χ1) is 13.1. The van der Waals surface area contributed by atoms with E-state index in [2.05, 4.69) is 38.6 Å². The molecule has 1 aliphatic rings. The van der Waals surface area contributed by atoms with Crippen molar-refractivity contribution >= 4 is 16.7 Å². The fraction of sp³-hybridized carbons (Fsp3) is 0.450. The Bertz CT molecular complexity index is 967. The maximum atomic E-state index is 5.58. The molecule has 7 nitrogen and oxygen atoms in total. The zero-order valence-corrected chi connectivity index (χ0v) is 16.4. The Morgan fingerprint density at radius 1 is 1.22 bits per heavy atom. The molecule has 0 saturated carbocycles. The molecule has 1 atom stereocenters. The van der Waals surface area contributed by atoms with Gasteiger partial charge in [0.15, 0.2) is 5.82 Å². The molecule has 1 aliphatic heterocycles. The van der Waals surface area contributed by atoms with Gasteiger partial charge in [0.2, 0.25) is 0 Å². The summed E-state index contributed by atoms with van der Waals surface area (Å²) in [5.74, 6) is 1.59. The zero-order valence-electron chi connectivity index (χ0n) is 16.4. The van der Waals surface area contributed by atoms with Crippen LogP contribution < -0.4 is 10.1 Å². The lowest BCUT2D eigenvalue weighted by atomic mass is 10.0. The SMILES string of the molecule is COc1cc(C)ccc1-c1nnc(N[C@@H]2CCCN(C)C2)c2c1cnn2C. The molecule has 4 rings (SSSR count). The lowest BCUT2D eigenvalue weighted by Gasteiger charge is -2.30. The van der Waals surface area contributed by atoms with Crippen molar-refractivity contribution in [2.45, 2.75) is 25.8 Å². The van der Waals surface area contributed by atoms with Crippen molar-refractivity contribution in [3.8, 4) is 17.0 Å². The van der Waals surface area contributed by atoms with E-state index >= 15 is 0 Å². The Balaban J connectivity index is 1.77. The number of nitrogens with one attached hydrogen (secondary N) is 1. The second-order valence-corrected chi connectivity index (χ2v) is 7.38. The molecule has 1 N–H and O–H groups in total. The van der Waals surface area contributed by atoms with Crippen molar-refractivity contribution in [2.24, 2.45) is 7.05 Å². The third kappa shape index (κ3) is 3.35. The summed E-state index contributed by atoms with van der Waals surface area (Å²) in [5.41, 5.74) is 3.83. The topological polar surface area (TPSA) is 68.1 Å². The number of benzene rings is 1. The summed E-state index contributed by atoms with van der Waals surface area (Å²) in [6, 6.07) is 6.49. The van der Waals surface area contributed by atoms with E-state index in [9.17, 15) is 0 Å². The van der Waals surface area contributed by atoms with Crippen molar-refractivity contribution < 1.29 is 4.74 Å².